The van der Waals surface area contributed by atoms with Gasteiger partial charge in [0.1, 0.15) is 54.4 Å². The van der Waals surface area contributed by atoms with Crippen LogP contribution < -0.4 is 20.1 Å². The monoisotopic (exact) mass is 922 g/mol. The highest BCUT2D eigenvalue weighted by molar-refractivity contribution is 6.32. The number of piperidine rings is 1. The Morgan fingerprint density at radius 1 is 0.746 bits per heavy atom. The van der Waals surface area contributed by atoms with Crippen LogP contribution in [0.25, 0.3) is 44.0 Å². The lowest BCUT2D eigenvalue weighted by molar-refractivity contribution is -0.135. The lowest BCUT2D eigenvalue weighted by atomic mass is 10.0. The fourth-order valence-corrected chi connectivity index (χ4v) is 8.51. The number of rotatable bonds is 21. The van der Waals surface area contributed by atoms with Gasteiger partial charge in [-0.1, -0.05) is 54.1 Å². The number of aryl methyl sites for hydroxylation is 1. The van der Waals surface area contributed by atoms with Crippen LogP contribution in [0, 0.1) is 5.82 Å². The van der Waals surface area contributed by atoms with E-state index in [1.807, 2.05) is 77.4 Å². The van der Waals surface area contributed by atoms with Gasteiger partial charge in [0, 0.05) is 41.1 Å². The number of hydrogen-bond acceptors (Lipinski definition) is 11. The molecule has 0 saturated carbocycles. The number of imide groups is 1. The van der Waals surface area contributed by atoms with Crippen molar-refractivity contribution < 1.29 is 37.7 Å². The molecule has 3 aromatic heterocycles. The minimum absolute atomic E-state index is 0.191. The first-order chi connectivity index (χ1) is 32.9. The zero-order valence-electron chi connectivity index (χ0n) is 36.6. The van der Waals surface area contributed by atoms with E-state index in [2.05, 4.69) is 31.7 Å². The van der Waals surface area contributed by atoms with Gasteiger partial charge in [0.2, 0.25) is 11.8 Å². The maximum atomic E-state index is 13.6. The lowest BCUT2D eigenvalue weighted by Gasteiger charge is -2.23. The summed E-state index contributed by atoms with van der Waals surface area (Å²) < 4.78 is 44.6. The molecule has 1 fully saturated rings. The summed E-state index contributed by atoms with van der Waals surface area (Å²) >= 11 is 6.56. The molecule has 67 heavy (non-hydrogen) atoms. The number of nitrogens with one attached hydrogen (secondary N) is 2. The van der Waals surface area contributed by atoms with E-state index < -0.39 is 6.04 Å². The summed E-state index contributed by atoms with van der Waals surface area (Å²) in [6.45, 7) is 3.44. The molecule has 2 N–H and O–H groups in total. The molecule has 9 rings (SSSR count). The van der Waals surface area contributed by atoms with Gasteiger partial charge in [0.05, 0.1) is 49.1 Å². The number of hydrogen-bond donors (Lipinski definition) is 2. The Balaban J connectivity index is 0.670. The number of benzene rings is 5. The second-order valence-corrected chi connectivity index (χ2v) is 16.4. The molecule has 0 spiro atoms. The van der Waals surface area contributed by atoms with Crippen molar-refractivity contribution in [2.75, 3.05) is 51.6 Å². The SMILES string of the molecule is O=C1CCC(n2c3cccc(CCCOCCOCCOCCOc4ccc(-c5ccc6ncnc(Nc7ccc(OCc8cccc(F)c8)c(Cl)c7)c6c5)cc4)c3c3cccnc32)C(=O)N1. The van der Waals surface area contributed by atoms with Crippen molar-refractivity contribution in [3.8, 4) is 22.6 Å². The predicted molar refractivity (Wildman–Crippen MR) is 255 cm³/mol. The Kier molecular flexibility index (Phi) is 14.5. The average molecular weight is 923 g/mol. The summed E-state index contributed by atoms with van der Waals surface area (Å²) in [6.07, 6.45) is 5.62. The van der Waals surface area contributed by atoms with Crippen molar-refractivity contribution >= 4 is 67.8 Å². The number of aromatic nitrogens is 4. The standard InChI is InChI=1S/C52H48ClFN6O7/c53-43-31-39(14-19-47(43)67-32-34-5-1-8-38(54)29-34)58-50-42-30-37(13-17-44(42)56-33-57-50)35-11-15-40(16-12-35)66-28-27-65-26-25-64-24-23-63-22-4-7-36-6-2-10-45-49(36)41-9-3-21-55-51(41)60(45)46-18-20-48(61)59-52(46)62/h1-3,5-6,8-17,19,21,29-31,33,46H,4,7,18,20,22-28,32H2,(H,56,57,58)(H,59,61,62). The summed E-state index contributed by atoms with van der Waals surface area (Å²) in [5, 5.41) is 9.18. The van der Waals surface area contributed by atoms with E-state index in [0.717, 1.165) is 68.2 Å². The van der Waals surface area contributed by atoms with Gasteiger partial charge in [0.25, 0.3) is 0 Å². The fraction of sp³-hybridized carbons (Fsp3) is 0.250. The van der Waals surface area contributed by atoms with Crippen molar-refractivity contribution in [1.29, 1.82) is 0 Å². The van der Waals surface area contributed by atoms with Crippen LogP contribution in [0.1, 0.15) is 36.4 Å². The quantitative estimate of drug-likeness (QED) is 0.0524. The first-order valence-electron chi connectivity index (χ1n) is 22.2. The van der Waals surface area contributed by atoms with Crippen LogP contribution in [-0.4, -0.2) is 77.6 Å². The number of amides is 2. The minimum atomic E-state index is -0.487. The number of ether oxygens (including phenoxy) is 5. The van der Waals surface area contributed by atoms with Crippen LogP contribution in [0.5, 0.6) is 11.5 Å². The molecule has 0 aliphatic carbocycles. The Bertz CT molecular complexity index is 3020. The molecule has 342 valence electrons. The molecular weight excluding hydrogens is 875 g/mol. The molecule has 1 atom stereocenters. The van der Waals surface area contributed by atoms with E-state index in [4.69, 9.17) is 35.3 Å². The molecule has 13 nitrogen and oxygen atoms in total. The summed E-state index contributed by atoms with van der Waals surface area (Å²) in [4.78, 5) is 38.3. The number of fused-ring (bicyclic) bond motifs is 4. The zero-order chi connectivity index (χ0) is 46.0. The second-order valence-electron chi connectivity index (χ2n) is 16.0. The number of anilines is 2. The summed E-state index contributed by atoms with van der Waals surface area (Å²) in [6, 6.07) is 35.2. The van der Waals surface area contributed by atoms with Crippen LogP contribution in [0.15, 0.2) is 128 Å². The van der Waals surface area contributed by atoms with Gasteiger partial charge >= 0.3 is 0 Å². The molecule has 2 amide bonds. The van der Waals surface area contributed by atoms with E-state index in [9.17, 15) is 14.0 Å². The van der Waals surface area contributed by atoms with Gasteiger partial charge in [0.15, 0.2) is 0 Å². The zero-order valence-corrected chi connectivity index (χ0v) is 37.3. The highest BCUT2D eigenvalue weighted by Crippen LogP contribution is 2.36. The number of nitrogens with zero attached hydrogens (tertiary/aromatic N) is 4. The largest absolute Gasteiger partial charge is 0.491 e. The van der Waals surface area contributed by atoms with Crippen molar-refractivity contribution in [2.45, 2.75) is 38.3 Å². The van der Waals surface area contributed by atoms with E-state index in [0.29, 0.717) is 81.2 Å². The topological polar surface area (TPSA) is 148 Å². The third-order valence-corrected chi connectivity index (χ3v) is 11.8. The molecule has 15 heteroatoms. The van der Waals surface area contributed by atoms with Gasteiger partial charge in [-0.15, -0.1) is 0 Å². The number of carbonyl (C=O) groups excluding carboxylic acids is 2. The second kappa shape index (κ2) is 21.6. The molecule has 1 aliphatic rings. The summed E-state index contributed by atoms with van der Waals surface area (Å²) in [5.74, 6) is 1.01. The van der Waals surface area contributed by atoms with Crippen molar-refractivity contribution in [3.63, 3.8) is 0 Å². The third kappa shape index (κ3) is 11.0. The van der Waals surface area contributed by atoms with Crippen molar-refractivity contribution in [3.05, 3.63) is 150 Å². The van der Waals surface area contributed by atoms with Gasteiger partial charge in [-0.25, -0.2) is 19.3 Å². The Hall–Kier alpha value is -6.97. The number of carbonyl (C=O) groups is 2. The Morgan fingerprint density at radius 3 is 2.34 bits per heavy atom. The van der Waals surface area contributed by atoms with Crippen LogP contribution in [0.2, 0.25) is 5.02 Å². The molecular formula is C52H48ClFN6O7. The molecule has 8 aromatic rings. The number of pyridine rings is 1. The van der Waals surface area contributed by atoms with E-state index in [1.165, 1.54) is 24.0 Å². The molecule has 0 bridgehead atoms. The van der Waals surface area contributed by atoms with Gasteiger partial charge in [-0.3, -0.25) is 14.9 Å². The molecule has 1 aliphatic heterocycles. The lowest BCUT2D eigenvalue weighted by Crippen LogP contribution is -2.41. The third-order valence-electron chi connectivity index (χ3n) is 11.5. The molecule has 0 radical (unpaired) electrons. The van der Waals surface area contributed by atoms with Crippen molar-refractivity contribution in [1.82, 2.24) is 24.8 Å². The molecule has 4 heterocycles. The van der Waals surface area contributed by atoms with Crippen LogP contribution in [-0.2, 0) is 36.8 Å². The summed E-state index contributed by atoms with van der Waals surface area (Å²) in [7, 11) is 0. The molecule has 1 unspecified atom stereocenters. The van der Waals surface area contributed by atoms with Gasteiger partial charge < -0.3 is 33.6 Å². The normalized spacial score (nSPS) is 13.9. The minimum Gasteiger partial charge on any atom is -0.491 e. The van der Waals surface area contributed by atoms with E-state index >= 15 is 0 Å². The van der Waals surface area contributed by atoms with Gasteiger partial charge in [-0.05, 0) is 114 Å². The fourth-order valence-electron chi connectivity index (χ4n) is 8.27. The van der Waals surface area contributed by atoms with Crippen LogP contribution in [0.3, 0.4) is 0 Å². The van der Waals surface area contributed by atoms with Gasteiger partial charge in [-0.2, -0.15) is 0 Å². The van der Waals surface area contributed by atoms with E-state index in [-0.39, 0.29) is 24.2 Å². The smallest absolute Gasteiger partial charge is 0.249 e. The van der Waals surface area contributed by atoms with Crippen molar-refractivity contribution in [2.24, 2.45) is 0 Å². The maximum Gasteiger partial charge on any atom is 0.249 e. The molecule has 1 saturated heterocycles. The van der Waals surface area contributed by atoms with E-state index in [1.54, 1.807) is 30.5 Å². The number of halogens is 2. The molecule has 5 aromatic carbocycles. The highest BCUT2D eigenvalue weighted by Gasteiger charge is 2.31. The summed E-state index contributed by atoms with van der Waals surface area (Å²) in [5.41, 5.74) is 7.07. The highest BCUT2D eigenvalue weighted by atomic mass is 35.5. The maximum absolute atomic E-state index is 13.6. The average Bonchev–Trinajstić information content (AvgIpc) is 3.67. The van der Waals surface area contributed by atoms with Crippen LogP contribution >= 0.6 is 11.6 Å². The van der Waals surface area contributed by atoms with Crippen LogP contribution in [0.4, 0.5) is 15.9 Å². The first kappa shape index (κ1) is 45.2. The Morgan fingerprint density at radius 2 is 1.54 bits per heavy atom. The first-order valence-corrected chi connectivity index (χ1v) is 22.6. The Labute approximate surface area is 391 Å². The predicted octanol–water partition coefficient (Wildman–Crippen LogP) is 9.95.